The van der Waals surface area contributed by atoms with Gasteiger partial charge in [0.15, 0.2) is 0 Å². The third-order valence-electron chi connectivity index (χ3n) is 4.23. The second-order valence-corrected chi connectivity index (χ2v) is 6.43. The minimum absolute atomic E-state index is 0.150. The van der Waals surface area contributed by atoms with Crippen molar-refractivity contribution in [1.82, 2.24) is 15.1 Å². The number of Topliss-reactive ketones (excluding diaryl/α,β-unsaturated/α-hetero) is 1. The molecule has 0 saturated heterocycles. The van der Waals surface area contributed by atoms with Gasteiger partial charge < -0.3 is 4.52 Å². The van der Waals surface area contributed by atoms with Gasteiger partial charge in [0.1, 0.15) is 10.9 Å². The lowest BCUT2D eigenvalue weighted by Crippen LogP contribution is -2.18. The van der Waals surface area contributed by atoms with Crippen LogP contribution in [0.25, 0.3) is 11.6 Å². The fourth-order valence-corrected chi connectivity index (χ4v) is 3.40. The average molecular weight is 334 g/mol. The predicted octanol–water partition coefficient (Wildman–Crippen LogP) is 4.27. The molecule has 0 N–H and O–H groups in total. The number of hydrogen-bond acceptors (Lipinski definition) is 5. The molecule has 0 spiro atoms. The van der Waals surface area contributed by atoms with Crippen LogP contribution in [0.15, 0.2) is 10.6 Å². The molecule has 2 aromatic rings. The number of aryl methyl sites for hydroxylation is 1. The quantitative estimate of drug-likeness (QED) is 0.781. The zero-order valence-corrected chi connectivity index (χ0v) is 14.2. The summed E-state index contributed by atoms with van der Waals surface area (Å²) in [4.78, 5) is 20.9. The summed E-state index contributed by atoms with van der Waals surface area (Å²) in [5.74, 6) is 1.10. The van der Waals surface area contributed by atoms with E-state index in [9.17, 15) is 4.79 Å². The van der Waals surface area contributed by atoms with E-state index in [1.54, 1.807) is 6.07 Å². The number of halogens is 1. The minimum atomic E-state index is -0.150. The maximum absolute atomic E-state index is 12.3. The topological polar surface area (TPSA) is 68.9 Å². The number of aromatic nitrogens is 3. The molecule has 0 unspecified atom stereocenters. The van der Waals surface area contributed by atoms with Crippen molar-refractivity contribution in [3.63, 3.8) is 0 Å². The fraction of sp³-hybridized carbons (Fsp3) is 0.529. The highest BCUT2D eigenvalue weighted by molar-refractivity contribution is 6.29. The maximum Gasteiger partial charge on any atom is 0.207 e. The zero-order valence-electron chi connectivity index (χ0n) is 13.4. The lowest BCUT2D eigenvalue weighted by molar-refractivity contribution is -0.122. The number of carbonyl (C=O) groups excluding carboxylic acids is 1. The highest BCUT2D eigenvalue weighted by Crippen LogP contribution is 2.35. The largest absolute Gasteiger partial charge is 0.352 e. The Morgan fingerprint density at radius 2 is 2.17 bits per heavy atom. The number of nitrogens with zero attached hydrogens (tertiary/aromatic N) is 3. The van der Waals surface area contributed by atoms with Crippen LogP contribution in [0.5, 0.6) is 0 Å². The molecule has 2 heterocycles. The van der Waals surface area contributed by atoms with Crippen molar-refractivity contribution < 1.29 is 9.32 Å². The number of ketones is 1. The standard InChI is InChI=1S/C17H20ClN3O2/c1-3-6-12-15(11-7-4-5-8-13(11)22)21-23-16(12)17-19-10(2)9-14(18)20-17/h9,11H,3-8H2,1-2H3/t11-/m0/s1. The number of carbonyl (C=O) groups is 1. The van der Waals surface area contributed by atoms with Crippen molar-refractivity contribution in [2.24, 2.45) is 0 Å². The van der Waals surface area contributed by atoms with Crippen LogP contribution in [0, 0.1) is 6.92 Å². The molecule has 2 aromatic heterocycles. The van der Waals surface area contributed by atoms with E-state index in [2.05, 4.69) is 22.0 Å². The molecule has 1 aliphatic rings. The van der Waals surface area contributed by atoms with Gasteiger partial charge in [-0.05, 0) is 32.3 Å². The van der Waals surface area contributed by atoms with Crippen molar-refractivity contribution in [1.29, 1.82) is 0 Å². The van der Waals surface area contributed by atoms with Crippen molar-refractivity contribution >= 4 is 17.4 Å². The van der Waals surface area contributed by atoms with Gasteiger partial charge in [-0.15, -0.1) is 0 Å². The normalized spacial score (nSPS) is 18.4. The maximum atomic E-state index is 12.3. The molecular formula is C17H20ClN3O2. The first-order valence-electron chi connectivity index (χ1n) is 8.13. The molecule has 5 nitrogen and oxygen atoms in total. The SMILES string of the molecule is CCCc1c([C@H]2CCCCC2=O)noc1-c1nc(C)cc(Cl)n1. The Bertz CT molecular complexity index is 706. The summed E-state index contributed by atoms with van der Waals surface area (Å²) in [5, 5.41) is 4.60. The first-order chi connectivity index (χ1) is 11.1. The van der Waals surface area contributed by atoms with E-state index in [0.717, 1.165) is 49.1 Å². The van der Waals surface area contributed by atoms with Crippen LogP contribution in [0.3, 0.4) is 0 Å². The van der Waals surface area contributed by atoms with Gasteiger partial charge in [0.2, 0.25) is 11.6 Å². The molecule has 1 atom stereocenters. The Labute approximate surface area is 140 Å². The van der Waals surface area contributed by atoms with E-state index in [4.69, 9.17) is 16.1 Å². The molecule has 122 valence electrons. The van der Waals surface area contributed by atoms with Gasteiger partial charge in [-0.25, -0.2) is 9.97 Å². The van der Waals surface area contributed by atoms with E-state index >= 15 is 0 Å². The van der Waals surface area contributed by atoms with Crippen molar-refractivity contribution in [2.75, 3.05) is 0 Å². The smallest absolute Gasteiger partial charge is 0.207 e. The molecule has 3 rings (SSSR count). The molecule has 0 amide bonds. The molecule has 6 heteroatoms. The molecule has 0 aromatic carbocycles. The third-order valence-corrected chi connectivity index (χ3v) is 4.42. The average Bonchev–Trinajstić information content (AvgIpc) is 2.91. The zero-order chi connectivity index (χ0) is 16.4. The highest BCUT2D eigenvalue weighted by atomic mass is 35.5. The molecular weight excluding hydrogens is 314 g/mol. The van der Waals surface area contributed by atoms with E-state index in [1.807, 2.05) is 6.92 Å². The summed E-state index contributed by atoms with van der Waals surface area (Å²) in [6.45, 7) is 3.95. The van der Waals surface area contributed by atoms with Gasteiger partial charge in [-0.2, -0.15) is 0 Å². The van der Waals surface area contributed by atoms with Crippen molar-refractivity contribution in [3.05, 3.63) is 28.2 Å². The van der Waals surface area contributed by atoms with Crippen LogP contribution >= 0.6 is 11.6 Å². The monoisotopic (exact) mass is 333 g/mol. The second-order valence-electron chi connectivity index (χ2n) is 6.05. The predicted molar refractivity (Wildman–Crippen MR) is 87.5 cm³/mol. The Hall–Kier alpha value is -1.75. The summed E-state index contributed by atoms with van der Waals surface area (Å²) < 4.78 is 5.56. The molecule has 1 fully saturated rings. The Morgan fingerprint density at radius 1 is 1.35 bits per heavy atom. The Morgan fingerprint density at radius 3 is 2.87 bits per heavy atom. The van der Waals surface area contributed by atoms with Gasteiger partial charge in [0.05, 0.1) is 11.6 Å². The molecule has 1 aliphatic carbocycles. The molecule has 23 heavy (non-hydrogen) atoms. The lowest BCUT2D eigenvalue weighted by Gasteiger charge is -2.19. The summed E-state index contributed by atoms with van der Waals surface area (Å²) in [5.41, 5.74) is 2.50. The Kier molecular flexibility index (Phi) is 4.76. The van der Waals surface area contributed by atoms with Crippen molar-refractivity contribution in [2.45, 2.75) is 58.3 Å². The summed E-state index contributed by atoms with van der Waals surface area (Å²) in [6, 6.07) is 1.70. The number of rotatable bonds is 4. The van der Waals surface area contributed by atoms with Gasteiger partial charge >= 0.3 is 0 Å². The van der Waals surface area contributed by atoms with Gasteiger partial charge in [0.25, 0.3) is 0 Å². The van der Waals surface area contributed by atoms with Crippen LogP contribution < -0.4 is 0 Å². The molecule has 1 saturated carbocycles. The summed E-state index contributed by atoms with van der Waals surface area (Å²) in [6.07, 6.45) is 5.22. The number of hydrogen-bond donors (Lipinski definition) is 0. The molecule has 0 aliphatic heterocycles. The molecule has 0 bridgehead atoms. The molecule has 0 radical (unpaired) electrons. The lowest BCUT2D eigenvalue weighted by atomic mass is 9.83. The van der Waals surface area contributed by atoms with Crippen LogP contribution in [0.1, 0.15) is 61.9 Å². The van der Waals surface area contributed by atoms with Gasteiger partial charge in [0, 0.05) is 17.7 Å². The van der Waals surface area contributed by atoms with Crippen LogP contribution in [0.2, 0.25) is 5.15 Å². The highest BCUT2D eigenvalue weighted by Gasteiger charge is 2.31. The van der Waals surface area contributed by atoms with Crippen LogP contribution in [0.4, 0.5) is 0 Å². The first kappa shape index (κ1) is 16.1. The van der Waals surface area contributed by atoms with Crippen molar-refractivity contribution in [3.8, 4) is 11.6 Å². The van der Waals surface area contributed by atoms with E-state index < -0.39 is 0 Å². The summed E-state index contributed by atoms with van der Waals surface area (Å²) >= 11 is 6.04. The van der Waals surface area contributed by atoms with E-state index in [0.29, 0.717) is 23.2 Å². The third kappa shape index (κ3) is 3.29. The van der Waals surface area contributed by atoms with Gasteiger partial charge in [-0.3, -0.25) is 4.79 Å². The van der Waals surface area contributed by atoms with E-state index in [-0.39, 0.29) is 11.7 Å². The van der Waals surface area contributed by atoms with Gasteiger partial charge in [-0.1, -0.05) is 36.5 Å². The first-order valence-corrected chi connectivity index (χ1v) is 8.50. The van der Waals surface area contributed by atoms with Crippen LogP contribution in [-0.2, 0) is 11.2 Å². The minimum Gasteiger partial charge on any atom is -0.352 e. The second kappa shape index (κ2) is 6.79. The van der Waals surface area contributed by atoms with Crippen LogP contribution in [-0.4, -0.2) is 20.9 Å². The fourth-order valence-electron chi connectivity index (χ4n) is 3.17. The summed E-state index contributed by atoms with van der Waals surface area (Å²) in [7, 11) is 0. The van der Waals surface area contributed by atoms with E-state index in [1.165, 1.54) is 0 Å². The Balaban J connectivity index is 2.06.